The molecule has 0 atom stereocenters. The Bertz CT molecular complexity index is 592. The summed E-state index contributed by atoms with van der Waals surface area (Å²) >= 11 is 0. The summed E-state index contributed by atoms with van der Waals surface area (Å²) in [7, 11) is 0. The van der Waals surface area contributed by atoms with Crippen molar-refractivity contribution in [1.29, 1.82) is 0 Å². The first-order chi connectivity index (χ1) is 9.24. The molecule has 1 aromatic heterocycles. The van der Waals surface area contributed by atoms with Crippen LogP contribution in [0.25, 0.3) is 0 Å². The summed E-state index contributed by atoms with van der Waals surface area (Å²) in [6, 6.07) is 10.7. The lowest BCUT2D eigenvalue weighted by atomic mass is 10.2. The maximum atomic E-state index is 11.8. The minimum Gasteiger partial charge on any atom is -0.482 e. The minimum absolute atomic E-state index is 0.0311. The Kier molecular flexibility index (Phi) is 4.33. The van der Waals surface area contributed by atoms with E-state index in [1.165, 1.54) is 6.07 Å². The van der Waals surface area contributed by atoms with Crippen molar-refractivity contribution in [3.05, 3.63) is 63.7 Å². The molecule has 2 aromatic rings. The molecule has 0 aliphatic carbocycles. The number of aliphatic hydroxyl groups excluding tert-OH is 1. The summed E-state index contributed by atoms with van der Waals surface area (Å²) in [6.07, 6.45) is 0. The smallest absolute Gasteiger partial charge is 0.227 e. The van der Waals surface area contributed by atoms with Gasteiger partial charge in [0.2, 0.25) is 11.2 Å². The summed E-state index contributed by atoms with van der Waals surface area (Å²) in [5.41, 5.74) is 5.99. The maximum absolute atomic E-state index is 11.8. The number of aliphatic hydroxyl groups is 1. The highest BCUT2D eigenvalue weighted by atomic mass is 16.5. The van der Waals surface area contributed by atoms with Gasteiger partial charge in [0.15, 0.2) is 5.76 Å². The third-order valence-corrected chi connectivity index (χ3v) is 2.59. The molecule has 0 fully saturated rings. The van der Waals surface area contributed by atoms with E-state index in [1.54, 1.807) is 0 Å². The van der Waals surface area contributed by atoms with Crippen LogP contribution in [-0.2, 0) is 19.8 Å². The molecule has 0 saturated carbocycles. The molecule has 0 bridgehead atoms. The van der Waals surface area contributed by atoms with E-state index in [1.807, 2.05) is 30.3 Å². The molecule has 19 heavy (non-hydrogen) atoms. The van der Waals surface area contributed by atoms with Gasteiger partial charge in [0.1, 0.15) is 19.0 Å². The highest BCUT2D eigenvalue weighted by Gasteiger charge is 2.12. The number of ether oxygens (including phenoxy) is 1. The zero-order valence-electron chi connectivity index (χ0n) is 10.3. The van der Waals surface area contributed by atoms with Crippen molar-refractivity contribution in [2.75, 3.05) is 0 Å². The van der Waals surface area contributed by atoms with E-state index in [4.69, 9.17) is 14.9 Å². The Hall–Kier alpha value is -2.11. The predicted molar refractivity (Wildman–Crippen MR) is 69.6 cm³/mol. The van der Waals surface area contributed by atoms with Crippen LogP contribution >= 0.6 is 0 Å². The van der Waals surface area contributed by atoms with Gasteiger partial charge in [-0.3, -0.25) is 4.79 Å². The van der Waals surface area contributed by atoms with Gasteiger partial charge in [-0.25, -0.2) is 0 Å². The van der Waals surface area contributed by atoms with Crippen LogP contribution in [0.2, 0.25) is 0 Å². The number of benzene rings is 1. The fourth-order valence-corrected chi connectivity index (χ4v) is 1.67. The summed E-state index contributed by atoms with van der Waals surface area (Å²) in [5, 5.41) is 9.21. The molecular weight excluding hydrogens is 246 g/mol. The highest BCUT2D eigenvalue weighted by molar-refractivity contribution is 5.27. The van der Waals surface area contributed by atoms with Crippen molar-refractivity contribution >= 4 is 0 Å². The molecular formula is C14H15NO4. The average Bonchev–Trinajstić information content (AvgIpc) is 2.46. The Morgan fingerprint density at radius 1 is 1.26 bits per heavy atom. The zero-order chi connectivity index (χ0) is 13.7. The topological polar surface area (TPSA) is 85.7 Å². The summed E-state index contributed by atoms with van der Waals surface area (Å²) in [6.45, 7) is -0.0744. The number of hydrogen-bond donors (Lipinski definition) is 2. The van der Waals surface area contributed by atoms with Crippen molar-refractivity contribution < 1.29 is 14.3 Å². The largest absolute Gasteiger partial charge is 0.482 e. The second kappa shape index (κ2) is 6.17. The van der Waals surface area contributed by atoms with E-state index in [9.17, 15) is 9.90 Å². The van der Waals surface area contributed by atoms with Crippen LogP contribution in [0.4, 0.5) is 0 Å². The van der Waals surface area contributed by atoms with E-state index in [0.717, 1.165) is 5.56 Å². The van der Waals surface area contributed by atoms with Crippen LogP contribution in [-0.4, -0.2) is 5.11 Å². The fourth-order valence-electron chi connectivity index (χ4n) is 1.67. The zero-order valence-corrected chi connectivity index (χ0v) is 10.3. The normalized spacial score (nSPS) is 10.4. The molecule has 0 aliphatic heterocycles. The van der Waals surface area contributed by atoms with Crippen molar-refractivity contribution in [3.8, 4) is 5.75 Å². The van der Waals surface area contributed by atoms with Crippen molar-refractivity contribution in [1.82, 2.24) is 0 Å². The Morgan fingerprint density at radius 3 is 2.63 bits per heavy atom. The molecule has 0 radical (unpaired) electrons. The standard InChI is InChI=1S/C14H15NO4/c15-7-11-6-12(17)14(13(8-16)19-11)18-9-10-4-2-1-3-5-10/h1-6,16H,7-9,15H2. The average molecular weight is 261 g/mol. The third kappa shape index (κ3) is 3.21. The monoisotopic (exact) mass is 261 g/mol. The molecule has 2 rings (SSSR count). The number of nitrogens with two attached hydrogens (primary N) is 1. The van der Waals surface area contributed by atoms with Gasteiger partial charge in [-0.1, -0.05) is 30.3 Å². The van der Waals surface area contributed by atoms with Crippen LogP contribution in [0.1, 0.15) is 17.1 Å². The first kappa shape index (κ1) is 13.3. The van der Waals surface area contributed by atoms with Crippen molar-refractivity contribution in [2.24, 2.45) is 5.73 Å². The highest BCUT2D eigenvalue weighted by Crippen LogP contribution is 2.16. The second-order valence-electron chi connectivity index (χ2n) is 3.97. The molecule has 1 aromatic carbocycles. The molecule has 1 heterocycles. The minimum atomic E-state index is -0.410. The molecule has 0 spiro atoms. The van der Waals surface area contributed by atoms with Crippen LogP contribution in [0, 0.1) is 0 Å². The van der Waals surface area contributed by atoms with E-state index >= 15 is 0 Å². The molecule has 0 saturated heterocycles. The predicted octanol–water partition coefficient (Wildman–Crippen LogP) is 1.17. The molecule has 5 nitrogen and oxygen atoms in total. The Balaban J connectivity index is 2.22. The third-order valence-electron chi connectivity index (χ3n) is 2.59. The molecule has 3 N–H and O–H groups in total. The summed E-state index contributed by atoms with van der Waals surface area (Å²) in [5.74, 6) is 0.452. The van der Waals surface area contributed by atoms with Gasteiger partial charge in [0.05, 0.1) is 6.54 Å². The molecule has 0 amide bonds. The van der Waals surface area contributed by atoms with E-state index in [2.05, 4.69) is 0 Å². The summed E-state index contributed by atoms with van der Waals surface area (Å²) < 4.78 is 10.7. The van der Waals surface area contributed by atoms with Gasteiger partial charge in [0, 0.05) is 6.07 Å². The Morgan fingerprint density at radius 2 is 2.00 bits per heavy atom. The lowest BCUT2D eigenvalue weighted by Crippen LogP contribution is -2.13. The second-order valence-corrected chi connectivity index (χ2v) is 3.97. The van der Waals surface area contributed by atoms with Crippen LogP contribution in [0.3, 0.4) is 0 Å². The van der Waals surface area contributed by atoms with E-state index < -0.39 is 6.61 Å². The van der Waals surface area contributed by atoms with Gasteiger partial charge in [-0.05, 0) is 5.56 Å². The first-order valence-electron chi connectivity index (χ1n) is 5.88. The van der Waals surface area contributed by atoms with Crippen LogP contribution in [0.15, 0.2) is 45.6 Å². The molecule has 100 valence electrons. The number of rotatable bonds is 5. The first-order valence-corrected chi connectivity index (χ1v) is 5.88. The van der Waals surface area contributed by atoms with Gasteiger partial charge in [0.25, 0.3) is 0 Å². The fraction of sp³-hybridized carbons (Fsp3) is 0.214. The van der Waals surface area contributed by atoms with Gasteiger partial charge in [-0.2, -0.15) is 0 Å². The molecule has 5 heteroatoms. The number of hydrogen-bond acceptors (Lipinski definition) is 5. The van der Waals surface area contributed by atoms with Crippen LogP contribution < -0.4 is 15.9 Å². The maximum Gasteiger partial charge on any atom is 0.227 e. The van der Waals surface area contributed by atoms with Crippen molar-refractivity contribution in [2.45, 2.75) is 19.8 Å². The molecule has 0 aliphatic rings. The summed E-state index contributed by atoms with van der Waals surface area (Å²) in [4.78, 5) is 11.8. The lowest BCUT2D eigenvalue weighted by Gasteiger charge is -2.09. The van der Waals surface area contributed by atoms with Crippen LogP contribution in [0.5, 0.6) is 5.75 Å². The van der Waals surface area contributed by atoms with E-state index in [-0.39, 0.29) is 30.1 Å². The van der Waals surface area contributed by atoms with E-state index in [0.29, 0.717) is 5.76 Å². The van der Waals surface area contributed by atoms with Gasteiger partial charge >= 0.3 is 0 Å². The SMILES string of the molecule is NCc1cc(=O)c(OCc2ccccc2)c(CO)o1. The molecule has 0 unspecified atom stereocenters. The quantitative estimate of drug-likeness (QED) is 0.843. The Labute approximate surface area is 110 Å². The van der Waals surface area contributed by atoms with Crippen molar-refractivity contribution in [3.63, 3.8) is 0 Å². The lowest BCUT2D eigenvalue weighted by molar-refractivity contribution is 0.213. The van der Waals surface area contributed by atoms with Gasteiger partial charge < -0.3 is 20.0 Å². The van der Waals surface area contributed by atoms with Gasteiger partial charge in [-0.15, -0.1) is 0 Å².